The van der Waals surface area contributed by atoms with Gasteiger partial charge in [0.25, 0.3) is 0 Å². The molecule has 0 aliphatic heterocycles. The first-order valence-electron chi connectivity index (χ1n) is 7.65. The van der Waals surface area contributed by atoms with Crippen molar-refractivity contribution in [2.75, 3.05) is 20.6 Å². The molecule has 0 bridgehead atoms. The van der Waals surface area contributed by atoms with E-state index < -0.39 is 10.0 Å². The number of benzene rings is 2. The minimum absolute atomic E-state index is 0.000927. The Hall–Kier alpha value is -1.73. The first kappa shape index (κ1) is 17.1. The van der Waals surface area contributed by atoms with Crippen LogP contribution in [-0.4, -0.2) is 34.0 Å². The van der Waals surface area contributed by atoms with Crippen molar-refractivity contribution in [3.05, 3.63) is 64.9 Å². The van der Waals surface area contributed by atoms with Crippen LogP contribution in [0.5, 0.6) is 0 Å². The lowest BCUT2D eigenvalue weighted by Crippen LogP contribution is -2.34. The van der Waals surface area contributed by atoms with E-state index in [-0.39, 0.29) is 6.04 Å². The van der Waals surface area contributed by atoms with E-state index in [1.807, 2.05) is 60.8 Å². The molecule has 0 radical (unpaired) electrons. The summed E-state index contributed by atoms with van der Waals surface area (Å²) in [5, 5.41) is 5.72. The second-order valence-electron chi connectivity index (χ2n) is 5.87. The van der Waals surface area contributed by atoms with Crippen LogP contribution in [0.25, 0.3) is 10.8 Å². The van der Waals surface area contributed by atoms with Gasteiger partial charge in [0.1, 0.15) is 0 Å². The first-order chi connectivity index (χ1) is 11.5. The third kappa shape index (κ3) is 3.52. The maximum absolute atomic E-state index is 12.8. The zero-order chi connectivity index (χ0) is 17.2. The van der Waals surface area contributed by atoms with Crippen molar-refractivity contribution in [2.45, 2.75) is 10.9 Å². The number of nitrogens with zero attached hydrogens (tertiary/aromatic N) is 1. The van der Waals surface area contributed by atoms with Crippen molar-refractivity contribution in [3.8, 4) is 0 Å². The molecule has 1 heterocycles. The summed E-state index contributed by atoms with van der Waals surface area (Å²) in [4.78, 5) is 2.34. The van der Waals surface area contributed by atoms with Crippen LogP contribution in [0.3, 0.4) is 0 Å². The Morgan fingerprint density at radius 1 is 1.08 bits per heavy atom. The van der Waals surface area contributed by atoms with Crippen LogP contribution in [0.2, 0.25) is 0 Å². The van der Waals surface area contributed by atoms with Gasteiger partial charge in [-0.1, -0.05) is 36.4 Å². The van der Waals surface area contributed by atoms with Crippen LogP contribution in [0.15, 0.2) is 64.2 Å². The van der Waals surface area contributed by atoms with Gasteiger partial charge >= 0.3 is 0 Å². The highest BCUT2D eigenvalue weighted by atomic mass is 32.2. The lowest BCUT2D eigenvalue weighted by molar-refractivity contribution is 0.300. The third-order valence-electron chi connectivity index (χ3n) is 4.06. The molecule has 3 rings (SSSR count). The number of hydrogen-bond acceptors (Lipinski definition) is 4. The molecule has 0 amide bonds. The van der Waals surface area contributed by atoms with E-state index in [1.165, 1.54) is 0 Å². The van der Waals surface area contributed by atoms with E-state index in [4.69, 9.17) is 0 Å². The second kappa shape index (κ2) is 7.03. The van der Waals surface area contributed by atoms with Gasteiger partial charge in [-0.15, -0.1) is 0 Å². The van der Waals surface area contributed by atoms with Crippen LogP contribution in [0, 0.1) is 0 Å². The van der Waals surface area contributed by atoms with Gasteiger partial charge in [-0.3, -0.25) is 0 Å². The monoisotopic (exact) mass is 360 g/mol. The smallest absolute Gasteiger partial charge is 0.241 e. The molecule has 3 aromatic rings. The van der Waals surface area contributed by atoms with Crippen molar-refractivity contribution < 1.29 is 8.42 Å². The van der Waals surface area contributed by atoms with Crippen molar-refractivity contribution in [1.82, 2.24) is 9.62 Å². The summed E-state index contributed by atoms with van der Waals surface area (Å²) in [5.41, 5.74) is 1.12. The highest BCUT2D eigenvalue weighted by molar-refractivity contribution is 7.89. The van der Waals surface area contributed by atoms with Gasteiger partial charge in [0.2, 0.25) is 10.0 Å². The van der Waals surface area contributed by atoms with E-state index in [1.54, 1.807) is 23.5 Å². The maximum Gasteiger partial charge on any atom is 0.241 e. The highest BCUT2D eigenvalue weighted by Crippen LogP contribution is 2.24. The molecule has 0 aliphatic carbocycles. The Morgan fingerprint density at radius 3 is 2.54 bits per heavy atom. The number of nitrogens with one attached hydrogen (secondary N) is 1. The zero-order valence-corrected chi connectivity index (χ0v) is 15.3. The summed E-state index contributed by atoms with van der Waals surface area (Å²) in [5.74, 6) is 0. The average molecular weight is 361 g/mol. The van der Waals surface area contributed by atoms with E-state index in [9.17, 15) is 8.42 Å². The number of hydrogen-bond donors (Lipinski definition) is 1. The Morgan fingerprint density at radius 2 is 1.83 bits per heavy atom. The second-order valence-corrected chi connectivity index (χ2v) is 8.38. The fourth-order valence-corrected chi connectivity index (χ4v) is 4.73. The molecule has 2 aromatic carbocycles. The minimum Gasteiger partial charge on any atom is -0.301 e. The third-order valence-corrected chi connectivity index (χ3v) is 6.24. The van der Waals surface area contributed by atoms with Crippen molar-refractivity contribution in [3.63, 3.8) is 0 Å². The number of rotatable bonds is 6. The molecular formula is C18H20N2O2S2. The van der Waals surface area contributed by atoms with Gasteiger partial charge in [0.15, 0.2) is 0 Å². The Bertz CT molecular complexity index is 914. The lowest BCUT2D eigenvalue weighted by atomic mass is 10.1. The maximum atomic E-state index is 12.8. The SMILES string of the molecule is CN(C)[C@H](CNS(=O)(=O)c1cccc2ccccc12)c1ccsc1. The van der Waals surface area contributed by atoms with Gasteiger partial charge < -0.3 is 4.90 Å². The summed E-state index contributed by atoms with van der Waals surface area (Å²) in [6.07, 6.45) is 0. The van der Waals surface area contributed by atoms with Crippen LogP contribution < -0.4 is 4.72 Å². The summed E-state index contributed by atoms with van der Waals surface area (Å²) in [7, 11) is 0.326. The minimum atomic E-state index is -3.58. The number of thiophene rings is 1. The molecule has 0 saturated carbocycles. The summed E-state index contributed by atoms with van der Waals surface area (Å²) >= 11 is 1.61. The molecule has 1 atom stereocenters. The molecule has 0 fully saturated rings. The fourth-order valence-electron chi connectivity index (χ4n) is 2.76. The first-order valence-corrected chi connectivity index (χ1v) is 10.1. The van der Waals surface area contributed by atoms with Gasteiger partial charge in [0, 0.05) is 18.0 Å². The molecular weight excluding hydrogens is 340 g/mol. The van der Waals surface area contributed by atoms with Gasteiger partial charge in [-0.2, -0.15) is 11.3 Å². The summed E-state index contributed by atoms with van der Waals surface area (Å²) in [6, 6.07) is 14.9. The number of sulfonamides is 1. The molecule has 0 saturated heterocycles. The van der Waals surface area contributed by atoms with E-state index >= 15 is 0 Å². The Labute approximate surface area is 146 Å². The quantitative estimate of drug-likeness (QED) is 0.732. The standard InChI is InChI=1S/C18H20N2O2S2/c1-20(2)17(15-10-11-23-13-15)12-19-24(21,22)18-9-5-7-14-6-3-4-8-16(14)18/h3-11,13,17,19H,12H2,1-2H3/t17-/m1/s1. The van der Waals surface area contributed by atoms with Crippen molar-refractivity contribution in [2.24, 2.45) is 0 Å². The number of fused-ring (bicyclic) bond motifs is 1. The fraction of sp³-hybridized carbons (Fsp3) is 0.222. The van der Waals surface area contributed by atoms with Crippen molar-refractivity contribution >= 4 is 32.1 Å². The predicted molar refractivity (Wildman–Crippen MR) is 99.9 cm³/mol. The molecule has 24 heavy (non-hydrogen) atoms. The number of likely N-dealkylation sites (N-methyl/N-ethyl adjacent to an activating group) is 1. The average Bonchev–Trinajstić information content (AvgIpc) is 3.08. The zero-order valence-electron chi connectivity index (χ0n) is 13.6. The summed E-state index contributed by atoms with van der Waals surface area (Å²) in [6.45, 7) is 0.329. The molecule has 0 spiro atoms. The molecule has 1 aromatic heterocycles. The molecule has 6 heteroatoms. The van der Waals surface area contributed by atoms with Crippen LogP contribution in [0.1, 0.15) is 11.6 Å². The van der Waals surface area contributed by atoms with Gasteiger partial charge in [-0.25, -0.2) is 13.1 Å². The van der Waals surface area contributed by atoms with Crippen LogP contribution in [-0.2, 0) is 10.0 Å². The normalized spacial score (nSPS) is 13.5. The molecule has 1 N–H and O–H groups in total. The molecule has 0 unspecified atom stereocenters. The van der Waals surface area contributed by atoms with E-state index in [0.717, 1.165) is 16.3 Å². The van der Waals surface area contributed by atoms with E-state index in [0.29, 0.717) is 11.4 Å². The molecule has 0 aliphatic rings. The molecule has 126 valence electrons. The van der Waals surface area contributed by atoms with Gasteiger partial charge in [0.05, 0.1) is 4.90 Å². The molecule has 4 nitrogen and oxygen atoms in total. The predicted octanol–water partition coefficient (Wildman–Crippen LogP) is 3.48. The largest absolute Gasteiger partial charge is 0.301 e. The van der Waals surface area contributed by atoms with E-state index in [2.05, 4.69) is 10.1 Å². The lowest BCUT2D eigenvalue weighted by Gasteiger charge is -2.24. The Kier molecular flexibility index (Phi) is 5.01. The van der Waals surface area contributed by atoms with Crippen molar-refractivity contribution in [1.29, 1.82) is 0 Å². The summed E-state index contributed by atoms with van der Waals surface area (Å²) < 4.78 is 28.4. The Balaban J connectivity index is 1.88. The highest BCUT2D eigenvalue weighted by Gasteiger charge is 2.21. The van der Waals surface area contributed by atoms with Gasteiger partial charge in [-0.05, 0) is 47.9 Å². The van der Waals surface area contributed by atoms with Crippen LogP contribution >= 0.6 is 11.3 Å². The topological polar surface area (TPSA) is 49.4 Å². The van der Waals surface area contributed by atoms with Crippen LogP contribution in [0.4, 0.5) is 0 Å².